The maximum atomic E-state index is 6.21. The predicted octanol–water partition coefficient (Wildman–Crippen LogP) is 12.6. The Morgan fingerprint density at radius 2 is 0.632 bits per heavy atom. The highest BCUT2D eigenvalue weighted by Gasteiger charge is 2.64. The zero-order valence-corrected chi connectivity index (χ0v) is 45.6. The maximum Gasteiger partial charge on any atom is 0.494 e. The molecule has 2 aromatic heterocycles. The maximum absolute atomic E-state index is 6.21. The molecule has 6 aromatic rings. The quantitative estimate of drug-likeness (QED) is 0.155. The van der Waals surface area contributed by atoms with E-state index in [0.29, 0.717) is 0 Å². The molecule has 0 unspecified atom stereocenters. The molecule has 0 N–H and O–H groups in total. The summed E-state index contributed by atoms with van der Waals surface area (Å²) in [4.78, 5) is 0. The normalized spacial score (nSPS) is 22.3. The summed E-state index contributed by atoms with van der Waals surface area (Å²) < 4.78 is 62.7. The molecule has 4 saturated heterocycles. The Morgan fingerprint density at radius 3 is 1.04 bits per heavy atom. The Balaban J connectivity index is 0.000000151. The van der Waals surface area contributed by atoms with E-state index < -0.39 is 21.1 Å². The first-order chi connectivity index (χ1) is 31.4. The lowest BCUT2D eigenvalue weighted by atomic mass is 9.49. The molecule has 4 fully saturated rings. The summed E-state index contributed by atoms with van der Waals surface area (Å²) in [7, 11) is -1.72. The largest absolute Gasteiger partial charge is 0.494 e. The zero-order chi connectivity index (χ0) is 49.6. The summed E-state index contributed by atoms with van der Waals surface area (Å²) in [6, 6.07) is 32.5. The number of furan rings is 2. The molecule has 10 nitrogen and oxygen atoms in total. The Kier molecular flexibility index (Phi) is 13.5. The minimum Gasteiger partial charge on any atom is -0.456 e. The van der Waals surface area contributed by atoms with Crippen molar-refractivity contribution in [2.75, 3.05) is 0 Å². The van der Waals surface area contributed by atoms with Crippen molar-refractivity contribution in [3.63, 3.8) is 0 Å². The predicted molar refractivity (Wildman–Crippen MR) is 282 cm³/mol. The van der Waals surface area contributed by atoms with Crippen LogP contribution in [0.4, 0.5) is 0 Å². The van der Waals surface area contributed by atoms with Crippen LogP contribution < -0.4 is 10.9 Å². The van der Waals surface area contributed by atoms with Gasteiger partial charge in [-0.05, 0) is 170 Å². The monoisotopic (exact) mass is 1050 g/mol. The lowest BCUT2D eigenvalue weighted by Crippen LogP contribution is -2.41. The van der Waals surface area contributed by atoms with E-state index in [1.165, 1.54) is 0 Å². The van der Waals surface area contributed by atoms with Crippen molar-refractivity contribution in [2.45, 2.75) is 156 Å². The highest BCUT2D eigenvalue weighted by Crippen LogP contribution is 2.44. The fourth-order valence-corrected chi connectivity index (χ4v) is 8.53. The van der Waals surface area contributed by atoms with Gasteiger partial charge in [-0.1, -0.05) is 80.4 Å². The third-order valence-electron chi connectivity index (χ3n) is 15.2. The van der Waals surface area contributed by atoms with E-state index in [1.807, 2.05) is 128 Å². The van der Waals surface area contributed by atoms with E-state index in [0.717, 1.165) is 64.5 Å². The molecule has 0 amide bonds. The van der Waals surface area contributed by atoms with Crippen LogP contribution in [0.3, 0.4) is 0 Å². The Labute approximate surface area is 420 Å². The van der Waals surface area contributed by atoms with Gasteiger partial charge in [0, 0.05) is 30.8 Å². The van der Waals surface area contributed by atoms with Crippen LogP contribution in [0, 0.1) is 0 Å². The van der Waals surface area contributed by atoms with Crippen molar-refractivity contribution in [3.8, 4) is 22.6 Å². The molecule has 0 saturated carbocycles. The van der Waals surface area contributed by atoms with Gasteiger partial charge >= 0.3 is 28.3 Å². The molecule has 358 valence electrons. The van der Waals surface area contributed by atoms with Gasteiger partial charge in [-0.15, -0.1) is 0 Å². The fraction of sp³-hybridized carbons (Fsp3) is 0.462. The van der Waals surface area contributed by atoms with Crippen molar-refractivity contribution in [1.82, 2.24) is 0 Å². The van der Waals surface area contributed by atoms with Crippen LogP contribution in [0.25, 0.3) is 44.6 Å². The van der Waals surface area contributed by atoms with Gasteiger partial charge < -0.3 is 46.1 Å². The SMILES string of the molecule is Brc1ccc(-c2cc3cc(Br)ccc3o2)cc1.CC1(C)OB(B2OC(C)(C)C(C)(C)O2)OC1(C)C.CC1(C)OB(c2ccc(-c3cc4cc(B5OC(C)(C)C(C)(C)O5)ccc4o3)cc2)OC1(C)C. The lowest BCUT2D eigenvalue weighted by Gasteiger charge is -2.32. The van der Waals surface area contributed by atoms with Crippen LogP contribution in [-0.2, 0) is 37.2 Å². The average Bonchev–Trinajstić information content (AvgIpc) is 4.04. The van der Waals surface area contributed by atoms with E-state index in [1.54, 1.807) is 0 Å². The summed E-state index contributed by atoms with van der Waals surface area (Å²) in [5.74, 6) is 1.71. The van der Waals surface area contributed by atoms with Crippen LogP contribution in [0.5, 0.6) is 0 Å². The number of hydrogen-bond donors (Lipinski definition) is 0. The molecule has 4 aromatic carbocycles. The molecule has 0 aliphatic carbocycles. The first kappa shape index (κ1) is 51.2. The van der Waals surface area contributed by atoms with Crippen molar-refractivity contribution in [1.29, 1.82) is 0 Å². The number of rotatable bonds is 5. The van der Waals surface area contributed by atoms with E-state index in [2.05, 4.69) is 112 Å². The molecule has 0 bridgehead atoms. The minimum atomic E-state index is -0.476. The van der Waals surface area contributed by atoms with Gasteiger partial charge in [0.25, 0.3) is 0 Å². The average molecular weight is 1050 g/mol. The molecular formula is C52H64B4Br2O10. The first-order valence-electron chi connectivity index (χ1n) is 23.4. The van der Waals surface area contributed by atoms with Crippen LogP contribution in [0.15, 0.2) is 115 Å². The zero-order valence-electron chi connectivity index (χ0n) is 42.4. The van der Waals surface area contributed by atoms with E-state index in [-0.39, 0.29) is 51.9 Å². The van der Waals surface area contributed by atoms with Gasteiger partial charge in [-0.3, -0.25) is 0 Å². The summed E-state index contributed by atoms with van der Waals surface area (Å²) >= 11 is 6.88. The number of benzene rings is 4. The van der Waals surface area contributed by atoms with E-state index in [4.69, 9.17) is 46.1 Å². The van der Waals surface area contributed by atoms with Gasteiger partial charge in [-0.2, -0.15) is 0 Å². The van der Waals surface area contributed by atoms with Gasteiger partial charge in [0.1, 0.15) is 22.7 Å². The van der Waals surface area contributed by atoms with Crippen molar-refractivity contribution < 1.29 is 46.1 Å². The molecule has 0 atom stereocenters. The third-order valence-corrected chi connectivity index (χ3v) is 16.2. The second kappa shape index (κ2) is 17.9. The van der Waals surface area contributed by atoms with Gasteiger partial charge in [0.05, 0.1) is 44.8 Å². The summed E-state index contributed by atoms with van der Waals surface area (Å²) in [6.07, 6.45) is 0. The van der Waals surface area contributed by atoms with E-state index in [9.17, 15) is 0 Å². The van der Waals surface area contributed by atoms with Gasteiger partial charge in [-0.25, -0.2) is 0 Å². The smallest absolute Gasteiger partial charge is 0.456 e. The molecule has 68 heavy (non-hydrogen) atoms. The Bertz CT molecular complexity index is 2680. The second-order valence-electron chi connectivity index (χ2n) is 22.3. The first-order valence-corrected chi connectivity index (χ1v) is 25.0. The van der Waals surface area contributed by atoms with Crippen LogP contribution in [-0.4, -0.2) is 73.1 Å². The van der Waals surface area contributed by atoms with E-state index >= 15 is 0 Å². The third kappa shape index (κ3) is 10.0. The summed E-state index contributed by atoms with van der Waals surface area (Å²) in [6.45, 7) is 32.7. The second-order valence-corrected chi connectivity index (χ2v) is 24.1. The standard InChI is InChI=1S/C26H32B2O5.C14H8Br2O.C12H24B2O4/c1-23(2)24(3,4)31-27(30-23)19-11-9-17(10-12-19)22-16-18-15-20(13-14-21(18)29-22)28-32-25(5,6)26(7,8)33-28;15-11-3-1-9(2-4-11)14-8-10-7-12(16)5-6-13(10)17-14;1-9(2)10(3,4)16-13(15-9)14-17-11(5,6)12(7,8)18-14/h9-16H,1-8H3;1-8H;1-8H3. The van der Waals surface area contributed by atoms with Crippen molar-refractivity contribution in [2.24, 2.45) is 0 Å². The molecule has 0 spiro atoms. The molecule has 6 heterocycles. The number of halogens is 2. The Morgan fingerprint density at radius 1 is 0.324 bits per heavy atom. The molecule has 10 rings (SSSR count). The van der Waals surface area contributed by atoms with Crippen LogP contribution in [0.2, 0.25) is 0 Å². The topological polar surface area (TPSA) is 100 Å². The molecule has 0 radical (unpaired) electrons. The molecular weight excluding hydrogens is 988 g/mol. The lowest BCUT2D eigenvalue weighted by molar-refractivity contribution is 0.00578. The van der Waals surface area contributed by atoms with Crippen LogP contribution >= 0.6 is 31.9 Å². The molecule has 4 aliphatic heterocycles. The molecule has 4 aliphatic rings. The highest BCUT2D eigenvalue weighted by atomic mass is 79.9. The number of fused-ring (bicyclic) bond motifs is 2. The highest BCUT2D eigenvalue weighted by molar-refractivity contribution is 9.10. The summed E-state index contributed by atoms with van der Waals surface area (Å²) in [5, 5.41) is 2.13. The minimum absolute atomic E-state index is 0.357. The van der Waals surface area contributed by atoms with Crippen molar-refractivity contribution in [3.05, 3.63) is 106 Å². The van der Waals surface area contributed by atoms with Crippen LogP contribution in [0.1, 0.15) is 111 Å². The summed E-state index contributed by atoms with van der Waals surface area (Å²) in [5.41, 5.74) is 2.93. The van der Waals surface area contributed by atoms with Gasteiger partial charge in [0.15, 0.2) is 0 Å². The number of hydrogen-bond acceptors (Lipinski definition) is 10. The molecule has 16 heteroatoms. The Hall–Kier alpha value is -3.14. The fourth-order valence-electron chi connectivity index (χ4n) is 7.88. The van der Waals surface area contributed by atoms with Gasteiger partial charge in [0.2, 0.25) is 0 Å². The van der Waals surface area contributed by atoms with Crippen molar-refractivity contribution >= 4 is 93.0 Å².